The Balaban J connectivity index is 1.01. The maximum Gasteiger partial charge on any atom is 0.414 e. The first-order chi connectivity index (χ1) is 20.0. The van der Waals surface area contributed by atoms with Crippen molar-refractivity contribution < 1.29 is 19.1 Å². The van der Waals surface area contributed by atoms with Crippen molar-refractivity contribution in [1.82, 2.24) is 9.88 Å². The van der Waals surface area contributed by atoms with Gasteiger partial charge in [-0.05, 0) is 72.7 Å². The summed E-state index contributed by atoms with van der Waals surface area (Å²) < 4.78 is 5.41. The van der Waals surface area contributed by atoms with E-state index in [4.69, 9.17) is 9.72 Å². The summed E-state index contributed by atoms with van der Waals surface area (Å²) in [4.78, 5) is 47.7. The highest BCUT2D eigenvalue weighted by Gasteiger charge is 2.50. The lowest BCUT2D eigenvalue weighted by atomic mass is 9.79. The molecule has 0 bridgehead atoms. The number of hydrogen-bond donors (Lipinski definition) is 1. The van der Waals surface area contributed by atoms with E-state index >= 15 is 0 Å². The second-order valence-electron chi connectivity index (χ2n) is 11.5. The average molecular weight is 545 g/mol. The molecule has 1 spiro atoms. The van der Waals surface area contributed by atoms with Crippen LogP contribution in [0.2, 0.25) is 0 Å². The van der Waals surface area contributed by atoms with Crippen molar-refractivity contribution in [1.29, 1.82) is 0 Å². The maximum absolute atomic E-state index is 13.5. The number of nitrogens with zero attached hydrogens (tertiary/aromatic N) is 3. The number of anilines is 2. The molecule has 1 fully saturated rings. The molecule has 41 heavy (non-hydrogen) atoms. The summed E-state index contributed by atoms with van der Waals surface area (Å²) in [5, 5.41) is 4.03. The molecule has 1 N–H and O–H groups in total. The lowest BCUT2D eigenvalue weighted by Crippen LogP contribution is -2.50. The molecule has 8 nitrogen and oxygen atoms in total. The van der Waals surface area contributed by atoms with Gasteiger partial charge in [-0.25, -0.2) is 9.78 Å². The SMILES string of the molecule is O=C(c1ccc2cc3c(cc2n1)C[C@]1(C3)C(=O)Nc2ccccc21)N1CCC(N2C(=O)OCc3ccccc32)CC1. The van der Waals surface area contributed by atoms with Crippen molar-refractivity contribution in [2.75, 3.05) is 23.3 Å². The summed E-state index contributed by atoms with van der Waals surface area (Å²) in [6.07, 6.45) is 2.30. The molecular weight excluding hydrogens is 516 g/mol. The molecule has 204 valence electrons. The number of fused-ring (bicyclic) bond motifs is 5. The first-order valence-corrected chi connectivity index (χ1v) is 14.2. The van der Waals surface area contributed by atoms with E-state index in [1.165, 1.54) is 0 Å². The van der Waals surface area contributed by atoms with Gasteiger partial charge in [-0.2, -0.15) is 0 Å². The second kappa shape index (κ2) is 8.89. The zero-order chi connectivity index (χ0) is 27.7. The molecule has 8 heteroatoms. The molecule has 1 saturated heterocycles. The summed E-state index contributed by atoms with van der Waals surface area (Å²) in [5.41, 5.74) is 6.71. The fraction of sp³-hybridized carbons (Fsp3) is 0.273. The predicted molar refractivity (Wildman–Crippen MR) is 154 cm³/mol. The number of pyridine rings is 1. The lowest BCUT2D eigenvalue weighted by molar-refractivity contribution is -0.120. The highest BCUT2D eigenvalue weighted by atomic mass is 16.6. The van der Waals surface area contributed by atoms with Crippen LogP contribution in [0, 0.1) is 0 Å². The average Bonchev–Trinajstić information content (AvgIpc) is 3.51. The number of nitrogens with one attached hydrogen (secondary N) is 1. The molecule has 3 aliphatic heterocycles. The summed E-state index contributed by atoms with van der Waals surface area (Å²) >= 11 is 0. The van der Waals surface area contributed by atoms with Gasteiger partial charge in [-0.15, -0.1) is 0 Å². The maximum atomic E-state index is 13.5. The Bertz CT molecular complexity index is 1780. The van der Waals surface area contributed by atoms with Crippen molar-refractivity contribution in [2.24, 2.45) is 0 Å². The Morgan fingerprint density at radius 2 is 1.66 bits per heavy atom. The number of benzene rings is 3. The van der Waals surface area contributed by atoms with Crippen molar-refractivity contribution in [2.45, 2.75) is 43.7 Å². The van der Waals surface area contributed by atoms with Crippen LogP contribution in [0.3, 0.4) is 0 Å². The molecule has 1 aromatic heterocycles. The number of carbonyl (C=O) groups excluding carboxylic acids is 3. The van der Waals surface area contributed by atoms with E-state index < -0.39 is 5.41 Å². The third kappa shape index (κ3) is 3.66. The van der Waals surface area contributed by atoms with E-state index in [1.807, 2.05) is 59.5 Å². The molecule has 0 radical (unpaired) electrons. The monoisotopic (exact) mass is 544 g/mol. The Labute approximate surface area is 236 Å². The lowest BCUT2D eigenvalue weighted by Gasteiger charge is -2.40. The predicted octanol–water partition coefficient (Wildman–Crippen LogP) is 4.98. The minimum absolute atomic E-state index is 0.0228. The van der Waals surface area contributed by atoms with Crippen molar-refractivity contribution in [3.63, 3.8) is 0 Å². The first kappa shape index (κ1) is 24.1. The number of amides is 3. The van der Waals surface area contributed by atoms with Crippen LogP contribution in [0.25, 0.3) is 10.9 Å². The molecule has 4 aromatic rings. The van der Waals surface area contributed by atoms with E-state index in [9.17, 15) is 14.4 Å². The molecule has 8 rings (SSSR count). The molecular formula is C33H28N4O4. The molecule has 3 aromatic carbocycles. The Morgan fingerprint density at radius 1 is 0.902 bits per heavy atom. The van der Waals surface area contributed by atoms with Crippen molar-refractivity contribution in [3.8, 4) is 0 Å². The summed E-state index contributed by atoms with van der Waals surface area (Å²) in [7, 11) is 0. The van der Waals surface area contributed by atoms with Gasteiger partial charge in [-0.3, -0.25) is 14.5 Å². The second-order valence-corrected chi connectivity index (χ2v) is 11.5. The van der Waals surface area contributed by atoms with E-state index in [2.05, 4.69) is 17.4 Å². The van der Waals surface area contributed by atoms with E-state index in [0.717, 1.165) is 44.5 Å². The molecule has 1 atom stereocenters. The highest BCUT2D eigenvalue weighted by molar-refractivity contribution is 6.07. The largest absolute Gasteiger partial charge is 0.444 e. The molecule has 3 amide bonds. The van der Waals surface area contributed by atoms with Crippen LogP contribution in [-0.4, -0.2) is 46.9 Å². The topological polar surface area (TPSA) is 91.8 Å². The van der Waals surface area contributed by atoms with Crippen molar-refractivity contribution in [3.05, 3.63) is 101 Å². The van der Waals surface area contributed by atoms with Gasteiger partial charge in [0.15, 0.2) is 0 Å². The number of para-hydroxylation sites is 2. The van der Waals surface area contributed by atoms with Gasteiger partial charge < -0.3 is 15.0 Å². The van der Waals surface area contributed by atoms with Crippen LogP contribution >= 0.6 is 0 Å². The standard InChI is InChI=1S/C33H28N4O4/c38-30(36-13-11-24(12-14-36)37-29-8-4-1-5-21(29)19-41-32(37)40)27-10-9-20-15-22-17-33(18-23(22)16-28(20)34-27)25-6-2-3-7-26(25)35-31(33)39/h1-10,15-16,24H,11-14,17-19H2,(H,35,39)/t33-/m0/s1. The van der Waals surface area contributed by atoms with Gasteiger partial charge in [0.05, 0.1) is 16.6 Å². The fourth-order valence-electron chi connectivity index (χ4n) is 7.16. The number of aromatic nitrogens is 1. The van der Waals surface area contributed by atoms with Crippen LogP contribution in [0.4, 0.5) is 16.2 Å². The fourth-order valence-corrected chi connectivity index (χ4v) is 7.16. The van der Waals surface area contributed by atoms with Crippen LogP contribution in [-0.2, 0) is 34.4 Å². The zero-order valence-electron chi connectivity index (χ0n) is 22.4. The number of ether oxygens (including phenoxy) is 1. The van der Waals surface area contributed by atoms with E-state index in [1.54, 1.807) is 11.0 Å². The first-order valence-electron chi connectivity index (χ1n) is 14.2. The molecule has 4 heterocycles. The van der Waals surface area contributed by atoms with Crippen LogP contribution < -0.4 is 10.2 Å². The van der Waals surface area contributed by atoms with Gasteiger partial charge in [-0.1, -0.05) is 42.5 Å². The third-order valence-electron chi connectivity index (χ3n) is 9.26. The van der Waals surface area contributed by atoms with E-state index in [0.29, 0.717) is 51.1 Å². The Hall–Kier alpha value is -4.72. The minimum Gasteiger partial charge on any atom is -0.444 e. The van der Waals surface area contributed by atoms with E-state index in [-0.39, 0.29) is 23.9 Å². The quantitative estimate of drug-likeness (QED) is 0.384. The van der Waals surface area contributed by atoms with Gasteiger partial charge >= 0.3 is 6.09 Å². The van der Waals surface area contributed by atoms with Gasteiger partial charge in [0.2, 0.25) is 5.91 Å². The van der Waals surface area contributed by atoms with Crippen LogP contribution in [0.1, 0.15) is 45.6 Å². The highest BCUT2D eigenvalue weighted by Crippen LogP contribution is 2.47. The number of carbonyl (C=O) groups is 3. The molecule has 0 saturated carbocycles. The molecule has 0 unspecified atom stereocenters. The van der Waals surface area contributed by atoms with Gasteiger partial charge in [0.1, 0.15) is 12.3 Å². The number of hydrogen-bond acceptors (Lipinski definition) is 5. The smallest absolute Gasteiger partial charge is 0.414 e. The summed E-state index contributed by atoms with van der Waals surface area (Å²) in [6.45, 7) is 1.37. The minimum atomic E-state index is -0.583. The summed E-state index contributed by atoms with van der Waals surface area (Å²) in [6, 6.07) is 23.7. The third-order valence-corrected chi connectivity index (χ3v) is 9.26. The normalized spacial score (nSPS) is 21.5. The zero-order valence-corrected chi connectivity index (χ0v) is 22.4. The number of likely N-dealkylation sites (tertiary alicyclic amines) is 1. The Kier molecular flexibility index (Phi) is 5.23. The van der Waals surface area contributed by atoms with Gasteiger partial charge in [0, 0.05) is 35.8 Å². The van der Waals surface area contributed by atoms with Gasteiger partial charge in [0.25, 0.3) is 5.91 Å². The van der Waals surface area contributed by atoms with Crippen LogP contribution in [0.5, 0.6) is 0 Å². The number of cyclic esters (lactones) is 1. The van der Waals surface area contributed by atoms with Crippen LogP contribution in [0.15, 0.2) is 72.8 Å². The Morgan fingerprint density at radius 3 is 2.51 bits per heavy atom. The molecule has 1 aliphatic carbocycles. The molecule has 4 aliphatic rings. The number of rotatable bonds is 2. The number of piperidine rings is 1. The van der Waals surface area contributed by atoms with Crippen molar-refractivity contribution >= 4 is 40.2 Å². The summed E-state index contributed by atoms with van der Waals surface area (Å²) in [5.74, 6) is -0.0551.